The molecule has 0 spiro atoms. The molecule has 118 valence electrons. The minimum absolute atomic E-state index is 0.128. The predicted molar refractivity (Wildman–Crippen MR) is 87.3 cm³/mol. The summed E-state index contributed by atoms with van der Waals surface area (Å²) in [5.74, 6) is 0.784. The first-order valence-electron chi connectivity index (χ1n) is 8.08. The fourth-order valence-corrected chi connectivity index (χ4v) is 3.65. The largest absolute Gasteiger partial charge is 0.388 e. The van der Waals surface area contributed by atoms with Gasteiger partial charge in [-0.25, -0.2) is 0 Å². The molecule has 1 aliphatic rings. The summed E-state index contributed by atoms with van der Waals surface area (Å²) in [6.07, 6.45) is 1.51. The molecule has 0 bridgehead atoms. The van der Waals surface area contributed by atoms with E-state index in [1.54, 1.807) is 0 Å². The van der Waals surface area contributed by atoms with Crippen molar-refractivity contribution in [2.45, 2.75) is 71.7 Å². The third-order valence-corrected chi connectivity index (χ3v) is 4.49. The second kappa shape index (κ2) is 5.73. The molecule has 1 aromatic carbocycles. The third kappa shape index (κ3) is 3.87. The normalized spacial score (nSPS) is 25.2. The summed E-state index contributed by atoms with van der Waals surface area (Å²) in [6.45, 7) is 12.8. The fourth-order valence-electron chi connectivity index (χ4n) is 3.65. The van der Waals surface area contributed by atoms with E-state index in [0.29, 0.717) is 5.92 Å². The number of rotatable bonds is 4. The lowest BCUT2D eigenvalue weighted by Crippen LogP contribution is -2.32. The lowest BCUT2D eigenvalue weighted by atomic mass is 9.80. The average Bonchev–Trinajstić information content (AvgIpc) is 2.56. The van der Waals surface area contributed by atoms with E-state index in [0.717, 1.165) is 18.4 Å². The zero-order valence-corrected chi connectivity index (χ0v) is 14.3. The monoisotopic (exact) mass is 290 g/mol. The molecule has 21 heavy (non-hydrogen) atoms. The SMILES string of the molecule is CC(C)Cc1ccc(C(O)C2CC(C)(C)OC2(C)C)cc1. The van der Waals surface area contributed by atoms with Crippen LogP contribution in [0.25, 0.3) is 0 Å². The van der Waals surface area contributed by atoms with E-state index < -0.39 is 6.10 Å². The molecule has 0 saturated carbocycles. The van der Waals surface area contributed by atoms with Crippen LogP contribution in [0, 0.1) is 11.8 Å². The van der Waals surface area contributed by atoms with Crippen LogP contribution in [0.4, 0.5) is 0 Å². The van der Waals surface area contributed by atoms with Crippen molar-refractivity contribution >= 4 is 0 Å². The Bertz CT molecular complexity index is 471. The van der Waals surface area contributed by atoms with Gasteiger partial charge in [-0.05, 0) is 57.6 Å². The zero-order valence-electron chi connectivity index (χ0n) is 14.3. The Kier molecular flexibility index (Phi) is 4.51. The van der Waals surface area contributed by atoms with Crippen molar-refractivity contribution in [2.75, 3.05) is 0 Å². The topological polar surface area (TPSA) is 29.5 Å². The van der Waals surface area contributed by atoms with Crippen LogP contribution in [0.1, 0.15) is 65.2 Å². The van der Waals surface area contributed by atoms with Gasteiger partial charge in [-0.2, -0.15) is 0 Å². The highest BCUT2D eigenvalue weighted by Gasteiger charge is 2.49. The van der Waals surface area contributed by atoms with Crippen LogP contribution in [-0.4, -0.2) is 16.3 Å². The van der Waals surface area contributed by atoms with Gasteiger partial charge in [0, 0.05) is 5.92 Å². The average molecular weight is 290 g/mol. The van der Waals surface area contributed by atoms with E-state index in [4.69, 9.17) is 4.74 Å². The summed E-state index contributed by atoms with van der Waals surface area (Å²) in [5.41, 5.74) is 1.89. The van der Waals surface area contributed by atoms with Gasteiger partial charge in [0.15, 0.2) is 0 Å². The van der Waals surface area contributed by atoms with Gasteiger partial charge < -0.3 is 9.84 Å². The first kappa shape index (κ1) is 16.5. The summed E-state index contributed by atoms with van der Waals surface area (Å²) in [7, 11) is 0. The second-order valence-corrected chi connectivity index (χ2v) is 8.06. The molecule has 2 rings (SSSR count). The molecule has 1 aliphatic heterocycles. The molecule has 1 saturated heterocycles. The van der Waals surface area contributed by atoms with Gasteiger partial charge in [-0.15, -0.1) is 0 Å². The molecule has 1 N–H and O–H groups in total. The van der Waals surface area contributed by atoms with Gasteiger partial charge >= 0.3 is 0 Å². The van der Waals surface area contributed by atoms with Crippen LogP contribution < -0.4 is 0 Å². The van der Waals surface area contributed by atoms with Crippen LogP contribution in [-0.2, 0) is 11.2 Å². The number of hydrogen-bond donors (Lipinski definition) is 1. The van der Waals surface area contributed by atoms with Crippen molar-refractivity contribution in [3.8, 4) is 0 Å². The van der Waals surface area contributed by atoms with Crippen molar-refractivity contribution in [1.82, 2.24) is 0 Å². The number of ether oxygens (including phenoxy) is 1. The Hall–Kier alpha value is -0.860. The van der Waals surface area contributed by atoms with Gasteiger partial charge in [0.2, 0.25) is 0 Å². The summed E-state index contributed by atoms with van der Waals surface area (Å²) in [5, 5.41) is 10.8. The fraction of sp³-hybridized carbons (Fsp3) is 0.684. The van der Waals surface area contributed by atoms with Crippen LogP contribution in [0.5, 0.6) is 0 Å². The first-order chi connectivity index (χ1) is 9.61. The molecule has 1 fully saturated rings. The van der Waals surface area contributed by atoms with Crippen molar-refractivity contribution in [2.24, 2.45) is 11.8 Å². The summed E-state index contributed by atoms with van der Waals surface area (Å²) >= 11 is 0. The van der Waals surface area contributed by atoms with E-state index in [9.17, 15) is 5.11 Å². The van der Waals surface area contributed by atoms with Crippen LogP contribution >= 0.6 is 0 Å². The molecule has 0 aliphatic carbocycles. The Morgan fingerprint density at radius 3 is 2.14 bits per heavy atom. The Balaban J connectivity index is 2.14. The van der Waals surface area contributed by atoms with E-state index in [1.165, 1.54) is 5.56 Å². The molecule has 2 atom stereocenters. The molecule has 0 radical (unpaired) electrons. The predicted octanol–water partition coefficient (Wildman–Crippen LogP) is 4.51. The molecular formula is C19H30O2. The van der Waals surface area contributed by atoms with E-state index >= 15 is 0 Å². The van der Waals surface area contributed by atoms with Gasteiger partial charge in [0.05, 0.1) is 17.3 Å². The maximum Gasteiger partial charge on any atom is 0.0846 e. The van der Waals surface area contributed by atoms with Crippen molar-refractivity contribution < 1.29 is 9.84 Å². The third-order valence-electron chi connectivity index (χ3n) is 4.49. The molecule has 0 aromatic heterocycles. The van der Waals surface area contributed by atoms with Crippen LogP contribution in [0.2, 0.25) is 0 Å². The minimum atomic E-state index is -0.463. The molecule has 2 unspecified atom stereocenters. The highest BCUT2D eigenvalue weighted by Crippen LogP contribution is 2.47. The van der Waals surface area contributed by atoms with Crippen molar-refractivity contribution in [3.05, 3.63) is 35.4 Å². The maximum atomic E-state index is 10.8. The van der Waals surface area contributed by atoms with E-state index in [1.807, 2.05) is 0 Å². The van der Waals surface area contributed by atoms with Gasteiger partial charge in [-0.1, -0.05) is 38.1 Å². The van der Waals surface area contributed by atoms with Gasteiger partial charge in [-0.3, -0.25) is 0 Å². The summed E-state index contributed by atoms with van der Waals surface area (Å²) in [4.78, 5) is 0. The summed E-state index contributed by atoms with van der Waals surface area (Å²) < 4.78 is 6.11. The standard InChI is InChI=1S/C19H30O2/c1-13(2)11-14-7-9-15(10-8-14)17(20)16-12-18(3,4)21-19(16,5)6/h7-10,13,16-17,20H,11-12H2,1-6H3. The van der Waals surface area contributed by atoms with Crippen molar-refractivity contribution in [1.29, 1.82) is 0 Å². The lowest BCUT2D eigenvalue weighted by molar-refractivity contribution is -0.0880. The molecule has 1 heterocycles. The lowest BCUT2D eigenvalue weighted by Gasteiger charge is -2.30. The van der Waals surface area contributed by atoms with E-state index in [2.05, 4.69) is 65.8 Å². The Morgan fingerprint density at radius 1 is 1.14 bits per heavy atom. The van der Waals surface area contributed by atoms with Gasteiger partial charge in [0.25, 0.3) is 0 Å². The van der Waals surface area contributed by atoms with Gasteiger partial charge in [0.1, 0.15) is 0 Å². The second-order valence-electron chi connectivity index (χ2n) is 8.06. The van der Waals surface area contributed by atoms with Crippen LogP contribution in [0.15, 0.2) is 24.3 Å². The number of aliphatic hydroxyl groups is 1. The van der Waals surface area contributed by atoms with Crippen LogP contribution in [0.3, 0.4) is 0 Å². The van der Waals surface area contributed by atoms with Crippen molar-refractivity contribution in [3.63, 3.8) is 0 Å². The molecule has 0 amide bonds. The smallest absolute Gasteiger partial charge is 0.0846 e. The first-order valence-corrected chi connectivity index (χ1v) is 8.08. The highest BCUT2D eigenvalue weighted by atomic mass is 16.5. The highest BCUT2D eigenvalue weighted by molar-refractivity contribution is 5.26. The summed E-state index contributed by atoms with van der Waals surface area (Å²) in [6, 6.07) is 8.44. The molecular weight excluding hydrogens is 260 g/mol. The Labute approximate surface area is 129 Å². The number of aliphatic hydroxyl groups excluding tert-OH is 1. The maximum absolute atomic E-state index is 10.8. The Morgan fingerprint density at radius 2 is 1.71 bits per heavy atom. The quantitative estimate of drug-likeness (QED) is 0.884. The molecule has 2 heteroatoms. The van der Waals surface area contributed by atoms with E-state index in [-0.39, 0.29) is 17.1 Å². The minimum Gasteiger partial charge on any atom is -0.388 e. The molecule has 1 aromatic rings. The zero-order chi connectivity index (χ0) is 15.8. The number of hydrogen-bond acceptors (Lipinski definition) is 2. The molecule has 2 nitrogen and oxygen atoms in total. The number of benzene rings is 1.